The molecule has 0 saturated heterocycles. The molecule has 11 nitrogen and oxygen atoms in total. The van der Waals surface area contributed by atoms with Gasteiger partial charge in [-0.15, -0.1) is 0 Å². The number of nitrogens with one attached hydrogen (secondary N) is 4. The molecule has 0 aliphatic carbocycles. The number of hydrogen-bond donors (Lipinski definition) is 5. The van der Waals surface area contributed by atoms with Gasteiger partial charge < -0.3 is 27.0 Å². The van der Waals surface area contributed by atoms with Crippen LogP contribution in [0.3, 0.4) is 0 Å². The zero-order valence-electron chi connectivity index (χ0n) is 29.9. The molecule has 5 aromatic carbocycles. The summed E-state index contributed by atoms with van der Waals surface area (Å²) in [7, 11) is 0. The first-order valence-corrected chi connectivity index (χ1v) is 17.7. The van der Waals surface area contributed by atoms with Gasteiger partial charge in [0.2, 0.25) is 29.4 Å². The number of ketones is 1. The van der Waals surface area contributed by atoms with Gasteiger partial charge in [-0.05, 0) is 39.9 Å². The maximum Gasteiger partial charge on any atom is 0.290 e. The molecule has 0 heterocycles. The Morgan fingerprint density at radius 1 is 0.500 bits per heavy atom. The van der Waals surface area contributed by atoms with E-state index in [0.29, 0.717) is 5.56 Å². The zero-order chi connectivity index (χ0) is 38.5. The Hall–Kier alpha value is -6.62. The number of amides is 5. The van der Waals surface area contributed by atoms with Crippen LogP contribution < -0.4 is 27.0 Å². The molecule has 0 aromatic heterocycles. The van der Waals surface area contributed by atoms with E-state index in [0.717, 1.165) is 27.5 Å². The summed E-state index contributed by atoms with van der Waals surface area (Å²) in [6.45, 7) is 1.35. The summed E-state index contributed by atoms with van der Waals surface area (Å²) < 4.78 is 0. The second kappa shape index (κ2) is 18.7. The van der Waals surface area contributed by atoms with Crippen molar-refractivity contribution in [2.45, 2.75) is 56.8 Å². The number of carbonyl (C=O) groups excluding carboxylic acids is 6. The molecule has 0 aliphatic heterocycles. The molecule has 0 spiro atoms. The fourth-order valence-electron chi connectivity index (χ4n) is 6.05. The van der Waals surface area contributed by atoms with Gasteiger partial charge in [0.05, 0.1) is 12.5 Å². The molecule has 4 atom stereocenters. The molecule has 0 fully saturated rings. The fraction of sp³-hybridized carbons (Fsp3) is 0.209. The maximum absolute atomic E-state index is 13.7. The summed E-state index contributed by atoms with van der Waals surface area (Å²) in [5, 5.41) is 12.5. The molecule has 276 valence electrons. The van der Waals surface area contributed by atoms with Crippen LogP contribution in [0.4, 0.5) is 0 Å². The number of primary amides is 1. The number of fused-ring (bicyclic) bond motifs is 1. The third-order valence-electron chi connectivity index (χ3n) is 8.94. The van der Waals surface area contributed by atoms with Gasteiger partial charge in [-0.25, -0.2) is 0 Å². The van der Waals surface area contributed by atoms with Gasteiger partial charge in [0.25, 0.3) is 5.91 Å². The van der Waals surface area contributed by atoms with Crippen molar-refractivity contribution in [3.05, 3.63) is 156 Å². The van der Waals surface area contributed by atoms with E-state index in [1.807, 2.05) is 91.0 Å². The summed E-state index contributed by atoms with van der Waals surface area (Å²) in [6.07, 6.45) is 0.284. The largest absolute Gasteiger partial charge is 0.368 e. The van der Waals surface area contributed by atoms with E-state index >= 15 is 0 Å². The fourth-order valence-corrected chi connectivity index (χ4v) is 6.05. The Morgan fingerprint density at radius 2 is 0.981 bits per heavy atom. The van der Waals surface area contributed by atoms with Gasteiger partial charge in [-0.3, -0.25) is 28.8 Å². The first kappa shape index (κ1) is 38.6. The Balaban J connectivity index is 1.26. The van der Waals surface area contributed by atoms with Crippen molar-refractivity contribution >= 4 is 46.1 Å². The number of Topliss-reactive ketones (excluding diaryl/α,β-unsaturated/α-hetero) is 1. The Bertz CT molecular complexity index is 2090. The average molecular weight is 726 g/mol. The molecule has 5 rings (SSSR count). The molecule has 0 saturated carbocycles. The van der Waals surface area contributed by atoms with Crippen LogP contribution in [0.1, 0.15) is 29.2 Å². The molecule has 0 aliphatic rings. The Morgan fingerprint density at radius 3 is 1.56 bits per heavy atom. The van der Waals surface area contributed by atoms with Crippen LogP contribution in [0.25, 0.3) is 10.8 Å². The smallest absolute Gasteiger partial charge is 0.290 e. The second-order valence-electron chi connectivity index (χ2n) is 13.1. The summed E-state index contributed by atoms with van der Waals surface area (Å²) in [6, 6.07) is 35.7. The Kier molecular flexibility index (Phi) is 13.4. The molecule has 5 aromatic rings. The van der Waals surface area contributed by atoms with Gasteiger partial charge in [0.15, 0.2) is 0 Å². The molecule has 0 radical (unpaired) electrons. The highest BCUT2D eigenvalue weighted by Gasteiger charge is 2.32. The molecule has 54 heavy (non-hydrogen) atoms. The maximum atomic E-state index is 13.7. The van der Waals surface area contributed by atoms with Gasteiger partial charge >= 0.3 is 0 Å². The summed E-state index contributed by atoms with van der Waals surface area (Å²) >= 11 is 0. The zero-order valence-corrected chi connectivity index (χ0v) is 29.9. The van der Waals surface area contributed by atoms with Crippen molar-refractivity contribution in [3.8, 4) is 0 Å². The van der Waals surface area contributed by atoms with Crippen LogP contribution in [0.15, 0.2) is 133 Å². The highest BCUT2D eigenvalue weighted by molar-refractivity contribution is 6.38. The highest BCUT2D eigenvalue weighted by Crippen LogP contribution is 2.17. The lowest BCUT2D eigenvalue weighted by atomic mass is 10.00. The van der Waals surface area contributed by atoms with Crippen molar-refractivity contribution in [1.29, 1.82) is 0 Å². The lowest BCUT2D eigenvalue weighted by Crippen LogP contribution is -2.57. The lowest BCUT2D eigenvalue weighted by Gasteiger charge is -2.23. The van der Waals surface area contributed by atoms with Crippen LogP contribution >= 0.6 is 0 Å². The van der Waals surface area contributed by atoms with Crippen molar-refractivity contribution in [2.24, 2.45) is 5.73 Å². The van der Waals surface area contributed by atoms with Crippen LogP contribution in [0, 0.1) is 0 Å². The first-order valence-electron chi connectivity index (χ1n) is 17.7. The number of hydrogen-bond acceptors (Lipinski definition) is 6. The van der Waals surface area contributed by atoms with Crippen molar-refractivity contribution in [1.82, 2.24) is 21.3 Å². The minimum atomic E-state index is -1.31. The van der Waals surface area contributed by atoms with Gasteiger partial charge in [0, 0.05) is 19.3 Å². The van der Waals surface area contributed by atoms with E-state index in [9.17, 15) is 28.8 Å². The van der Waals surface area contributed by atoms with Crippen molar-refractivity contribution < 1.29 is 28.8 Å². The number of nitrogens with two attached hydrogens (primary N) is 1. The van der Waals surface area contributed by atoms with Crippen LogP contribution in [0.2, 0.25) is 0 Å². The number of carbonyl (C=O) groups is 6. The van der Waals surface area contributed by atoms with Gasteiger partial charge in [-0.1, -0.05) is 133 Å². The van der Waals surface area contributed by atoms with Crippen LogP contribution in [-0.2, 0) is 54.5 Å². The number of rotatable bonds is 17. The van der Waals surface area contributed by atoms with Gasteiger partial charge in [0.1, 0.15) is 18.1 Å². The van der Waals surface area contributed by atoms with E-state index < -0.39 is 59.5 Å². The monoisotopic (exact) mass is 725 g/mol. The third-order valence-corrected chi connectivity index (χ3v) is 8.94. The molecular weight excluding hydrogens is 683 g/mol. The molecule has 5 amide bonds. The van der Waals surface area contributed by atoms with Crippen molar-refractivity contribution in [3.63, 3.8) is 0 Å². The summed E-state index contributed by atoms with van der Waals surface area (Å²) in [5.41, 5.74) is 8.71. The third kappa shape index (κ3) is 11.2. The molecule has 1 unspecified atom stereocenters. The van der Waals surface area contributed by atoms with E-state index in [2.05, 4.69) is 21.3 Å². The average Bonchev–Trinajstić information content (AvgIpc) is 3.17. The molecular formula is C43H43N5O6. The van der Waals surface area contributed by atoms with E-state index in [4.69, 9.17) is 5.73 Å². The minimum Gasteiger partial charge on any atom is -0.368 e. The molecule has 0 bridgehead atoms. The SMILES string of the molecule is CC(NC(=O)[C@H](Cc1ccccc1)NC(=O)Cc1ccccc1)C(=O)C(=O)N[C@@H](Cc1ccccc1)C(=O)N[C@@H](Cc1ccc2ccccc2c1)C(N)=O. The van der Waals surface area contributed by atoms with E-state index in [-0.39, 0.29) is 25.7 Å². The normalized spacial score (nSPS) is 13.1. The topological polar surface area (TPSA) is 177 Å². The summed E-state index contributed by atoms with van der Waals surface area (Å²) in [5.74, 6) is -4.66. The molecule has 11 heteroatoms. The van der Waals surface area contributed by atoms with Crippen LogP contribution in [0.5, 0.6) is 0 Å². The minimum absolute atomic E-state index is 0.000482. The highest BCUT2D eigenvalue weighted by atomic mass is 16.2. The predicted octanol–water partition coefficient (Wildman–Crippen LogP) is 3.12. The Labute approximate surface area is 313 Å². The summed E-state index contributed by atoms with van der Waals surface area (Å²) in [4.78, 5) is 79.5. The molecule has 6 N–H and O–H groups in total. The predicted molar refractivity (Wildman–Crippen MR) is 206 cm³/mol. The van der Waals surface area contributed by atoms with E-state index in [1.54, 1.807) is 42.5 Å². The quantitative estimate of drug-likeness (QED) is 0.0921. The van der Waals surface area contributed by atoms with Crippen molar-refractivity contribution in [2.75, 3.05) is 0 Å². The first-order chi connectivity index (χ1) is 26.0. The lowest BCUT2D eigenvalue weighted by molar-refractivity contribution is -0.141. The number of benzene rings is 5. The van der Waals surface area contributed by atoms with Gasteiger partial charge in [-0.2, -0.15) is 0 Å². The van der Waals surface area contributed by atoms with Crippen LogP contribution in [-0.4, -0.2) is 59.5 Å². The van der Waals surface area contributed by atoms with E-state index in [1.165, 1.54) is 6.92 Å². The second-order valence-corrected chi connectivity index (χ2v) is 13.1. The standard InChI is InChI=1S/C43H43N5O6/c1-28(45-41(52)36(24-29-13-5-2-6-14-29)46-38(49)27-31-17-9-4-10-18-31)39(50)43(54)48-37(25-30-15-7-3-8-16-30)42(53)47-35(40(44)51)26-32-21-22-33-19-11-12-20-34(33)23-32/h2-23,28,35-37H,24-27H2,1H3,(H2,44,51)(H,45,52)(H,46,49)(H,47,53)(H,48,54)/t28?,35-,36-,37-/m0/s1.